The van der Waals surface area contributed by atoms with Gasteiger partial charge < -0.3 is 5.11 Å². The molecule has 1 aromatic carbocycles. The second-order valence-corrected chi connectivity index (χ2v) is 4.62. The first-order valence-corrected chi connectivity index (χ1v) is 6.29. The summed E-state index contributed by atoms with van der Waals surface area (Å²) in [5, 5.41) is 9.50. The Hall–Kier alpha value is -0.860. The Morgan fingerprint density at radius 2 is 1.75 bits per heavy atom. The van der Waals surface area contributed by atoms with Gasteiger partial charge in [0.1, 0.15) is 0 Å². The minimum Gasteiger partial charge on any atom is -0.395 e. The lowest BCUT2D eigenvalue weighted by Gasteiger charge is -2.33. The molecule has 2 heteroatoms. The standard InChI is InChI=1S/C14H21NO/c16-12-14(15-9-5-2-6-10-15)11-13-7-3-1-4-8-13/h1,3-4,7-8,14,16H,2,5-6,9-12H2/t14-/m1/s1. The van der Waals surface area contributed by atoms with E-state index in [2.05, 4.69) is 29.2 Å². The van der Waals surface area contributed by atoms with Gasteiger partial charge in [0.05, 0.1) is 6.61 Å². The molecule has 1 saturated heterocycles. The van der Waals surface area contributed by atoms with Crippen LogP contribution in [0.15, 0.2) is 30.3 Å². The summed E-state index contributed by atoms with van der Waals surface area (Å²) >= 11 is 0. The molecular weight excluding hydrogens is 198 g/mol. The molecule has 0 radical (unpaired) electrons. The SMILES string of the molecule is OC[C@@H](Cc1ccccc1)N1CCCCC1. The highest BCUT2D eigenvalue weighted by Gasteiger charge is 2.19. The molecule has 1 N–H and O–H groups in total. The van der Waals surface area contributed by atoms with Crippen LogP contribution in [-0.4, -0.2) is 35.7 Å². The number of aliphatic hydroxyl groups excluding tert-OH is 1. The minimum absolute atomic E-state index is 0.273. The number of hydrogen-bond acceptors (Lipinski definition) is 2. The van der Waals surface area contributed by atoms with Crippen LogP contribution in [0.4, 0.5) is 0 Å². The molecule has 0 aliphatic carbocycles. The molecule has 1 aliphatic rings. The highest BCUT2D eigenvalue weighted by atomic mass is 16.3. The lowest BCUT2D eigenvalue weighted by Crippen LogP contribution is -2.42. The third-order valence-electron chi connectivity index (χ3n) is 3.43. The Kier molecular flexibility index (Phi) is 4.37. The van der Waals surface area contributed by atoms with Crippen LogP contribution in [0.3, 0.4) is 0 Å². The van der Waals surface area contributed by atoms with E-state index in [1.807, 2.05) is 6.07 Å². The van der Waals surface area contributed by atoms with Crippen molar-refractivity contribution in [3.63, 3.8) is 0 Å². The van der Waals surface area contributed by atoms with Gasteiger partial charge in [-0.25, -0.2) is 0 Å². The van der Waals surface area contributed by atoms with Crippen molar-refractivity contribution in [1.29, 1.82) is 0 Å². The van der Waals surface area contributed by atoms with E-state index in [1.54, 1.807) is 0 Å². The average molecular weight is 219 g/mol. The summed E-state index contributed by atoms with van der Waals surface area (Å²) in [4.78, 5) is 2.44. The fourth-order valence-electron chi connectivity index (χ4n) is 2.48. The zero-order valence-corrected chi connectivity index (χ0v) is 9.81. The summed E-state index contributed by atoms with van der Waals surface area (Å²) in [6.45, 7) is 2.57. The molecule has 0 aromatic heterocycles. The summed E-state index contributed by atoms with van der Waals surface area (Å²) in [5.41, 5.74) is 1.33. The minimum atomic E-state index is 0.273. The van der Waals surface area contributed by atoms with Crippen molar-refractivity contribution in [3.8, 4) is 0 Å². The van der Waals surface area contributed by atoms with Gasteiger partial charge in [0.2, 0.25) is 0 Å². The predicted octanol–water partition coefficient (Wildman–Crippen LogP) is 2.08. The molecule has 16 heavy (non-hydrogen) atoms. The monoisotopic (exact) mass is 219 g/mol. The maximum Gasteiger partial charge on any atom is 0.0590 e. The largest absolute Gasteiger partial charge is 0.395 e. The Labute approximate surface area is 97.9 Å². The number of nitrogens with zero attached hydrogens (tertiary/aromatic N) is 1. The van der Waals surface area contributed by atoms with E-state index in [-0.39, 0.29) is 6.61 Å². The molecule has 0 spiro atoms. The Morgan fingerprint density at radius 3 is 2.38 bits per heavy atom. The van der Waals surface area contributed by atoms with E-state index in [0.717, 1.165) is 19.5 Å². The van der Waals surface area contributed by atoms with Crippen molar-refractivity contribution < 1.29 is 5.11 Å². The summed E-state index contributed by atoms with van der Waals surface area (Å²) in [5.74, 6) is 0. The summed E-state index contributed by atoms with van der Waals surface area (Å²) in [6.07, 6.45) is 4.88. The molecule has 2 nitrogen and oxygen atoms in total. The lowest BCUT2D eigenvalue weighted by atomic mass is 10.0. The first-order valence-electron chi connectivity index (χ1n) is 6.29. The first kappa shape index (κ1) is 11.6. The fraction of sp³-hybridized carbons (Fsp3) is 0.571. The molecule has 1 aromatic rings. The van der Waals surface area contributed by atoms with Crippen LogP contribution in [0.1, 0.15) is 24.8 Å². The predicted molar refractivity (Wildman–Crippen MR) is 66.4 cm³/mol. The van der Waals surface area contributed by atoms with Gasteiger partial charge in [-0.15, -0.1) is 0 Å². The van der Waals surface area contributed by atoms with Gasteiger partial charge in [-0.05, 0) is 37.9 Å². The second kappa shape index (κ2) is 6.02. The smallest absolute Gasteiger partial charge is 0.0590 e. The van der Waals surface area contributed by atoms with Crippen molar-refractivity contribution in [2.75, 3.05) is 19.7 Å². The van der Waals surface area contributed by atoms with Crippen LogP contribution in [0.5, 0.6) is 0 Å². The first-order chi connectivity index (χ1) is 7.90. The van der Waals surface area contributed by atoms with Gasteiger partial charge in [-0.2, -0.15) is 0 Å². The maximum atomic E-state index is 9.50. The zero-order valence-electron chi connectivity index (χ0n) is 9.81. The van der Waals surface area contributed by atoms with Crippen LogP contribution >= 0.6 is 0 Å². The Balaban J connectivity index is 1.94. The average Bonchev–Trinajstić information content (AvgIpc) is 2.38. The number of likely N-dealkylation sites (tertiary alicyclic amines) is 1. The van der Waals surface area contributed by atoms with E-state index < -0.39 is 0 Å². The molecule has 0 unspecified atom stereocenters. The molecular formula is C14H21NO. The zero-order chi connectivity index (χ0) is 11.2. The number of piperidine rings is 1. The topological polar surface area (TPSA) is 23.5 Å². The molecule has 2 rings (SSSR count). The molecule has 1 aliphatic heterocycles. The highest BCUT2D eigenvalue weighted by Crippen LogP contribution is 2.15. The fourth-order valence-corrected chi connectivity index (χ4v) is 2.48. The van der Waals surface area contributed by atoms with Gasteiger partial charge in [-0.1, -0.05) is 36.8 Å². The van der Waals surface area contributed by atoms with Crippen LogP contribution in [-0.2, 0) is 6.42 Å². The van der Waals surface area contributed by atoms with Gasteiger partial charge in [0.25, 0.3) is 0 Å². The van der Waals surface area contributed by atoms with Crippen molar-refractivity contribution in [3.05, 3.63) is 35.9 Å². The van der Waals surface area contributed by atoms with Crippen LogP contribution in [0.25, 0.3) is 0 Å². The molecule has 1 heterocycles. The summed E-state index contributed by atoms with van der Waals surface area (Å²) < 4.78 is 0. The van der Waals surface area contributed by atoms with Gasteiger partial charge in [-0.3, -0.25) is 4.90 Å². The molecule has 0 amide bonds. The number of hydrogen-bond donors (Lipinski definition) is 1. The van der Waals surface area contributed by atoms with E-state index >= 15 is 0 Å². The van der Waals surface area contributed by atoms with E-state index in [0.29, 0.717) is 6.04 Å². The number of benzene rings is 1. The van der Waals surface area contributed by atoms with Gasteiger partial charge in [0, 0.05) is 6.04 Å². The van der Waals surface area contributed by atoms with Crippen LogP contribution in [0.2, 0.25) is 0 Å². The van der Waals surface area contributed by atoms with Crippen LogP contribution in [0, 0.1) is 0 Å². The van der Waals surface area contributed by atoms with Gasteiger partial charge in [0.15, 0.2) is 0 Å². The van der Waals surface area contributed by atoms with Crippen molar-refractivity contribution in [1.82, 2.24) is 4.90 Å². The lowest BCUT2D eigenvalue weighted by molar-refractivity contribution is 0.104. The third kappa shape index (κ3) is 3.06. The highest BCUT2D eigenvalue weighted by molar-refractivity contribution is 5.16. The van der Waals surface area contributed by atoms with Crippen molar-refractivity contribution in [2.45, 2.75) is 31.7 Å². The van der Waals surface area contributed by atoms with Crippen molar-refractivity contribution >= 4 is 0 Å². The Morgan fingerprint density at radius 1 is 1.06 bits per heavy atom. The quantitative estimate of drug-likeness (QED) is 0.838. The summed E-state index contributed by atoms with van der Waals surface area (Å²) in [6, 6.07) is 10.8. The number of aliphatic hydroxyl groups is 1. The van der Waals surface area contributed by atoms with E-state index in [1.165, 1.54) is 24.8 Å². The molecule has 1 fully saturated rings. The molecule has 0 saturated carbocycles. The Bertz CT molecular complexity index is 293. The van der Waals surface area contributed by atoms with E-state index in [9.17, 15) is 5.11 Å². The van der Waals surface area contributed by atoms with Gasteiger partial charge >= 0.3 is 0 Å². The maximum absolute atomic E-state index is 9.50. The molecule has 88 valence electrons. The van der Waals surface area contributed by atoms with E-state index in [4.69, 9.17) is 0 Å². The third-order valence-corrected chi connectivity index (χ3v) is 3.43. The summed E-state index contributed by atoms with van der Waals surface area (Å²) in [7, 11) is 0. The molecule has 0 bridgehead atoms. The van der Waals surface area contributed by atoms with Crippen LogP contribution < -0.4 is 0 Å². The second-order valence-electron chi connectivity index (χ2n) is 4.62. The van der Waals surface area contributed by atoms with Crippen molar-refractivity contribution in [2.24, 2.45) is 0 Å². The normalized spacial score (nSPS) is 19.6. The molecule has 1 atom stereocenters. The number of rotatable bonds is 4.